The normalized spacial score (nSPS) is 17.4. The molecule has 1 atom stereocenters. The lowest BCUT2D eigenvalue weighted by atomic mass is 10.1. The molecular formula is C19H26ClN3O. The highest BCUT2D eigenvalue weighted by Crippen LogP contribution is 2.29. The lowest BCUT2D eigenvalue weighted by Gasteiger charge is -2.33. The summed E-state index contributed by atoms with van der Waals surface area (Å²) in [6.07, 6.45) is 0.961. The number of hydrogen-bond acceptors (Lipinski definition) is 3. The van der Waals surface area contributed by atoms with Gasteiger partial charge in [0.2, 0.25) is 5.91 Å². The van der Waals surface area contributed by atoms with E-state index in [1.54, 1.807) is 6.07 Å². The summed E-state index contributed by atoms with van der Waals surface area (Å²) < 4.78 is 0. The minimum absolute atomic E-state index is 0.0339. The molecule has 0 aliphatic carbocycles. The molecule has 0 unspecified atom stereocenters. The van der Waals surface area contributed by atoms with Crippen LogP contribution in [0.25, 0.3) is 0 Å². The number of carbonyl (C=O) groups excluding carboxylic acids is 1. The second-order valence-corrected chi connectivity index (χ2v) is 7.61. The van der Waals surface area contributed by atoms with Crippen LogP contribution in [0.5, 0.6) is 0 Å². The number of nitrogens with zero attached hydrogens (tertiary/aromatic N) is 3. The van der Waals surface area contributed by atoms with Crippen molar-refractivity contribution in [3.8, 4) is 6.07 Å². The molecule has 0 aromatic heterocycles. The summed E-state index contributed by atoms with van der Waals surface area (Å²) >= 11 is 6.22. The van der Waals surface area contributed by atoms with Crippen molar-refractivity contribution >= 4 is 23.2 Å². The van der Waals surface area contributed by atoms with Crippen molar-refractivity contribution < 1.29 is 4.79 Å². The average Bonchev–Trinajstić information content (AvgIpc) is 3.01. The van der Waals surface area contributed by atoms with Crippen molar-refractivity contribution in [2.75, 3.05) is 24.5 Å². The first-order valence-electron chi connectivity index (χ1n) is 8.58. The van der Waals surface area contributed by atoms with E-state index in [9.17, 15) is 4.79 Å². The first kappa shape index (κ1) is 18.6. The van der Waals surface area contributed by atoms with Crippen LogP contribution in [0.2, 0.25) is 5.02 Å². The van der Waals surface area contributed by atoms with Crippen molar-refractivity contribution in [1.29, 1.82) is 5.26 Å². The molecule has 0 N–H and O–H groups in total. The van der Waals surface area contributed by atoms with Crippen molar-refractivity contribution in [1.82, 2.24) is 4.90 Å². The van der Waals surface area contributed by atoms with E-state index in [4.69, 9.17) is 16.9 Å². The molecule has 0 saturated carbocycles. The molecule has 1 heterocycles. The molecule has 1 amide bonds. The number of halogens is 1. The fourth-order valence-electron chi connectivity index (χ4n) is 3.19. The van der Waals surface area contributed by atoms with E-state index in [0.717, 1.165) is 31.7 Å². The van der Waals surface area contributed by atoms with Gasteiger partial charge in [0.1, 0.15) is 6.07 Å². The number of amides is 1. The average molecular weight is 348 g/mol. The summed E-state index contributed by atoms with van der Waals surface area (Å²) in [5.41, 5.74) is 1.52. The van der Waals surface area contributed by atoms with Gasteiger partial charge in [-0.2, -0.15) is 5.26 Å². The standard InChI is InChI=1S/C19H26ClN3O/c1-13(2)11-23(16-6-5-15(10-21)18(20)9-16)17-7-8-22(12-17)19(24)14(3)4/h5-6,9,13-14,17H,7-8,11-12H2,1-4H3/t17-/m0/s1. The highest BCUT2D eigenvalue weighted by atomic mass is 35.5. The number of nitriles is 1. The number of likely N-dealkylation sites (tertiary alicyclic amines) is 1. The van der Waals surface area contributed by atoms with E-state index in [0.29, 0.717) is 22.5 Å². The molecule has 2 rings (SSSR count). The van der Waals surface area contributed by atoms with E-state index < -0.39 is 0 Å². The van der Waals surface area contributed by atoms with Crippen LogP contribution >= 0.6 is 11.6 Å². The van der Waals surface area contributed by atoms with Gasteiger partial charge in [0.05, 0.1) is 10.6 Å². The number of carbonyl (C=O) groups is 1. The van der Waals surface area contributed by atoms with E-state index in [1.165, 1.54) is 0 Å². The van der Waals surface area contributed by atoms with Gasteiger partial charge < -0.3 is 9.80 Å². The van der Waals surface area contributed by atoms with Gasteiger partial charge in [0, 0.05) is 37.3 Å². The minimum Gasteiger partial charge on any atom is -0.366 e. The summed E-state index contributed by atoms with van der Waals surface area (Å²) in [5, 5.41) is 9.54. The Hall–Kier alpha value is -1.73. The molecule has 5 heteroatoms. The van der Waals surface area contributed by atoms with Gasteiger partial charge in [0.15, 0.2) is 0 Å². The zero-order valence-corrected chi connectivity index (χ0v) is 15.7. The first-order valence-corrected chi connectivity index (χ1v) is 8.96. The van der Waals surface area contributed by atoms with Crippen molar-refractivity contribution in [2.45, 2.75) is 40.2 Å². The third-order valence-corrected chi connectivity index (χ3v) is 4.69. The maximum Gasteiger partial charge on any atom is 0.225 e. The molecule has 1 saturated heterocycles. The fourth-order valence-corrected chi connectivity index (χ4v) is 3.41. The van der Waals surface area contributed by atoms with Crippen LogP contribution in [-0.4, -0.2) is 36.5 Å². The van der Waals surface area contributed by atoms with Gasteiger partial charge in [-0.3, -0.25) is 4.79 Å². The lowest BCUT2D eigenvalue weighted by Crippen LogP contribution is -2.41. The van der Waals surface area contributed by atoms with Crippen molar-refractivity contribution in [3.05, 3.63) is 28.8 Å². The molecule has 0 bridgehead atoms. The summed E-state index contributed by atoms with van der Waals surface area (Å²) in [6.45, 7) is 10.7. The minimum atomic E-state index is 0.0339. The molecule has 0 radical (unpaired) electrons. The quantitative estimate of drug-likeness (QED) is 0.810. The Balaban J connectivity index is 2.22. The van der Waals surface area contributed by atoms with Crippen LogP contribution in [0, 0.1) is 23.2 Å². The van der Waals surface area contributed by atoms with Crippen LogP contribution in [-0.2, 0) is 4.79 Å². The van der Waals surface area contributed by atoms with Crippen LogP contribution < -0.4 is 4.90 Å². The Labute approximate surface area is 150 Å². The van der Waals surface area contributed by atoms with E-state index in [2.05, 4.69) is 24.8 Å². The third kappa shape index (κ3) is 4.21. The van der Waals surface area contributed by atoms with Gasteiger partial charge in [-0.15, -0.1) is 0 Å². The Morgan fingerprint density at radius 3 is 2.67 bits per heavy atom. The number of hydrogen-bond donors (Lipinski definition) is 0. The molecule has 24 heavy (non-hydrogen) atoms. The van der Waals surface area contributed by atoms with E-state index in [1.807, 2.05) is 30.9 Å². The Morgan fingerprint density at radius 1 is 1.42 bits per heavy atom. The monoisotopic (exact) mass is 347 g/mol. The second-order valence-electron chi connectivity index (χ2n) is 7.20. The first-order chi connectivity index (χ1) is 11.3. The van der Waals surface area contributed by atoms with Crippen LogP contribution in [0.15, 0.2) is 18.2 Å². The fraction of sp³-hybridized carbons (Fsp3) is 0.579. The van der Waals surface area contributed by atoms with Gasteiger partial charge >= 0.3 is 0 Å². The topological polar surface area (TPSA) is 47.3 Å². The molecule has 1 aromatic rings. The highest BCUT2D eigenvalue weighted by molar-refractivity contribution is 6.32. The van der Waals surface area contributed by atoms with Crippen molar-refractivity contribution in [2.24, 2.45) is 11.8 Å². The predicted molar refractivity (Wildman–Crippen MR) is 98.2 cm³/mol. The van der Waals surface area contributed by atoms with Crippen molar-refractivity contribution in [3.63, 3.8) is 0 Å². The largest absolute Gasteiger partial charge is 0.366 e. The zero-order chi connectivity index (χ0) is 17.9. The van der Waals surface area contributed by atoms with Crippen LogP contribution in [0.1, 0.15) is 39.7 Å². The smallest absolute Gasteiger partial charge is 0.225 e. The summed E-state index contributed by atoms with van der Waals surface area (Å²) in [5.74, 6) is 0.751. The van der Waals surface area contributed by atoms with Gasteiger partial charge in [0.25, 0.3) is 0 Å². The van der Waals surface area contributed by atoms with Crippen LogP contribution in [0.4, 0.5) is 5.69 Å². The van der Waals surface area contributed by atoms with Gasteiger partial charge in [-0.25, -0.2) is 0 Å². The number of anilines is 1. The maximum atomic E-state index is 12.3. The highest BCUT2D eigenvalue weighted by Gasteiger charge is 2.31. The molecule has 1 aromatic carbocycles. The van der Waals surface area contributed by atoms with Crippen LogP contribution in [0.3, 0.4) is 0 Å². The van der Waals surface area contributed by atoms with Gasteiger partial charge in [-0.1, -0.05) is 39.3 Å². The molecule has 1 aliphatic rings. The lowest BCUT2D eigenvalue weighted by molar-refractivity contribution is -0.133. The second kappa shape index (κ2) is 7.90. The third-order valence-electron chi connectivity index (χ3n) is 4.38. The number of rotatable bonds is 5. The summed E-state index contributed by atoms with van der Waals surface area (Å²) in [6, 6.07) is 8.00. The van der Waals surface area contributed by atoms with E-state index in [-0.39, 0.29) is 11.8 Å². The molecule has 4 nitrogen and oxygen atoms in total. The Kier molecular flexibility index (Phi) is 6.12. The maximum absolute atomic E-state index is 12.3. The molecule has 1 fully saturated rings. The predicted octanol–water partition coefficient (Wildman–Crippen LogP) is 3.93. The van der Waals surface area contributed by atoms with Gasteiger partial charge in [-0.05, 0) is 30.5 Å². The Bertz CT molecular complexity index is 636. The van der Waals surface area contributed by atoms with E-state index >= 15 is 0 Å². The zero-order valence-electron chi connectivity index (χ0n) is 14.9. The molecular weight excluding hydrogens is 322 g/mol. The molecule has 0 spiro atoms. The molecule has 130 valence electrons. The summed E-state index contributed by atoms with van der Waals surface area (Å²) in [7, 11) is 0. The summed E-state index contributed by atoms with van der Waals surface area (Å²) in [4.78, 5) is 16.6. The Morgan fingerprint density at radius 2 is 2.12 bits per heavy atom. The SMILES string of the molecule is CC(C)CN(c1ccc(C#N)c(Cl)c1)[C@H]1CCN(C(=O)C(C)C)C1. The number of benzene rings is 1. The molecule has 1 aliphatic heterocycles.